The topological polar surface area (TPSA) is 95.5 Å². The summed E-state index contributed by atoms with van der Waals surface area (Å²) in [5, 5.41) is 7.59. The second-order valence-electron chi connectivity index (χ2n) is 5.53. The first-order chi connectivity index (χ1) is 12.5. The molecule has 0 saturated heterocycles. The number of hydrogen-bond donors (Lipinski definition) is 3. The van der Waals surface area contributed by atoms with Gasteiger partial charge in [-0.15, -0.1) is 11.3 Å². The standard InChI is InChI=1S/C17H25N5O2S2/c1-4-14-12-21-16(25-14)9-10-20-17(18-2)22-11-13-5-7-15(8-6-13)26(23,24)19-3/h5-8,12,19H,4,9-11H2,1-3H3,(H2,18,20,22). The van der Waals surface area contributed by atoms with Crippen LogP contribution in [0, 0.1) is 0 Å². The average molecular weight is 396 g/mol. The van der Waals surface area contributed by atoms with Gasteiger partial charge < -0.3 is 10.6 Å². The Morgan fingerprint density at radius 2 is 1.96 bits per heavy atom. The van der Waals surface area contributed by atoms with Crippen LogP contribution in [0.1, 0.15) is 22.4 Å². The highest BCUT2D eigenvalue weighted by molar-refractivity contribution is 7.89. The van der Waals surface area contributed by atoms with E-state index in [1.54, 1.807) is 42.6 Å². The molecule has 0 radical (unpaired) electrons. The predicted octanol–water partition coefficient (Wildman–Crippen LogP) is 1.52. The lowest BCUT2D eigenvalue weighted by Gasteiger charge is -2.11. The zero-order valence-electron chi connectivity index (χ0n) is 15.2. The summed E-state index contributed by atoms with van der Waals surface area (Å²) in [5.41, 5.74) is 0.968. The van der Waals surface area contributed by atoms with Crippen molar-refractivity contribution in [2.75, 3.05) is 20.6 Å². The second kappa shape index (κ2) is 9.65. The van der Waals surface area contributed by atoms with Gasteiger partial charge in [0.2, 0.25) is 10.0 Å². The highest BCUT2D eigenvalue weighted by atomic mass is 32.2. The van der Waals surface area contributed by atoms with Gasteiger partial charge in [0.1, 0.15) is 0 Å². The Kier molecular flexibility index (Phi) is 7.55. The van der Waals surface area contributed by atoms with Gasteiger partial charge in [0.05, 0.1) is 9.90 Å². The van der Waals surface area contributed by atoms with E-state index >= 15 is 0 Å². The Hall–Kier alpha value is -1.97. The summed E-state index contributed by atoms with van der Waals surface area (Å²) >= 11 is 1.74. The number of nitrogens with zero attached hydrogens (tertiary/aromatic N) is 2. The predicted molar refractivity (Wildman–Crippen MR) is 106 cm³/mol. The first-order valence-electron chi connectivity index (χ1n) is 8.39. The first-order valence-corrected chi connectivity index (χ1v) is 10.7. The molecule has 26 heavy (non-hydrogen) atoms. The number of sulfonamides is 1. The van der Waals surface area contributed by atoms with Crippen LogP contribution in [0.4, 0.5) is 0 Å². The number of aromatic nitrogens is 1. The van der Waals surface area contributed by atoms with Crippen LogP contribution < -0.4 is 15.4 Å². The van der Waals surface area contributed by atoms with Crippen molar-refractivity contribution >= 4 is 27.3 Å². The molecule has 1 aromatic carbocycles. The maximum atomic E-state index is 11.7. The van der Waals surface area contributed by atoms with Gasteiger partial charge in [-0.2, -0.15) is 0 Å². The van der Waals surface area contributed by atoms with Gasteiger partial charge in [0, 0.05) is 37.6 Å². The number of benzene rings is 1. The highest BCUT2D eigenvalue weighted by Gasteiger charge is 2.10. The third-order valence-electron chi connectivity index (χ3n) is 3.77. The van der Waals surface area contributed by atoms with Gasteiger partial charge in [0.25, 0.3) is 0 Å². The Morgan fingerprint density at radius 3 is 2.54 bits per heavy atom. The number of aryl methyl sites for hydroxylation is 1. The van der Waals surface area contributed by atoms with Crippen molar-refractivity contribution in [3.05, 3.63) is 45.9 Å². The maximum absolute atomic E-state index is 11.7. The third-order valence-corrected chi connectivity index (χ3v) is 6.40. The molecule has 0 fully saturated rings. The van der Waals surface area contributed by atoms with Crippen LogP contribution in [0.3, 0.4) is 0 Å². The molecule has 0 saturated carbocycles. The van der Waals surface area contributed by atoms with Crippen molar-refractivity contribution in [1.82, 2.24) is 20.3 Å². The van der Waals surface area contributed by atoms with Crippen molar-refractivity contribution in [2.45, 2.75) is 31.2 Å². The molecule has 0 amide bonds. The van der Waals surface area contributed by atoms with E-state index in [4.69, 9.17) is 0 Å². The fraction of sp³-hybridized carbons (Fsp3) is 0.412. The molecular formula is C17H25N5O2S2. The summed E-state index contributed by atoms with van der Waals surface area (Å²) in [6, 6.07) is 6.75. The number of rotatable bonds is 8. The molecule has 0 aliphatic rings. The zero-order valence-corrected chi connectivity index (χ0v) is 16.9. The van der Waals surface area contributed by atoms with E-state index in [-0.39, 0.29) is 4.90 Å². The van der Waals surface area contributed by atoms with Crippen LogP contribution in [-0.2, 0) is 29.4 Å². The molecule has 0 atom stereocenters. The normalized spacial score (nSPS) is 12.2. The van der Waals surface area contributed by atoms with Gasteiger partial charge in [-0.05, 0) is 31.2 Å². The lowest BCUT2D eigenvalue weighted by molar-refractivity contribution is 0.588. The average Bonchev–Trinajstić information content (AvgIpc) is 3.13. The Balaban J connectivity index is 1.81. The fourth-order valence-corrected chi connectivity index (χ4v) is 3.82. The molecule has 7 nitrogen and oxygen atoms in total. The van der Waals surface area contributed by atoms with Gasteiger partial charge in [0.15, 0.2) is 5.96 Å². The van der Waals surface area contributed by atoms with Crippen LogP contribution >= 0.6 is 11.3 Å². The van der Waals surface area contributed by atoms with Crippen LogP contribution in [-0.4, -0.2) is 40.0 Å². The van der Waals surface area contributed by atoms with E-state index in [0.29, 0.717) is 12.5 Å². The van der Waals surface area contributed by atoms with Crippen LogP contribution in [0.5, 0.6) is 0 Å². The smallest absolute Gasteiger partial charge is 0.240 e. The molecular weight excluding hydrogens is 370 g/mol. The van der Waals surface area contributed by atoms with Gasteiger partial charge >= 0.3 is 0 Å². The highest BCUT2D eigenvalue weighted by Crippen LogP contribution is 2.13. The van der Waals surface area contributed by atoms with Gasteiger partial charge in [-0.3, -0.25) is 4.99 Å². The molecule has 0 bridgehead atoms. The quantitative estimate of drug-likeness (QED) is 0.465. The molecule has 1 heterocycles. The minimum atomic E-state index is -3.40. The van der Waals surface area contributed by atoms with Crippen LogP contribution in [0.2, 0.25) is 0 Å². The number of guanidine groups is 1. The Bertz CT molecular complexity index is 829. The molecule has 0 aliphatic carbocycles. The lowest BCUT2D eigenvalue weighted by atomic mass is 10.2. The Morgan fingerprint density at radius 1 is 1.23 bits per heavy atom. The SMILES string of the molecule is CCc1cnc(CCNC(=NC)NCc2ccc(S(=O)(=O)NC)cc2)s1. The second-order valence-corrected chi connectivity index (χ2v) is 8.61. The molecule has 0 spiro atoms. The minimum Gasteiger partial charge on any atom is -0.356 e. The molecule has 1 aromatic heterocycles. The largest absolute Gasteiger partial charge is 0.356 e. The molecule has 3 N–H and O–H groups in total. The van der Waals surface area contributed by atoms with Crippen molar-refractivity contribution in [2.24, 2.45) is 4.99 Å². The third kappa shape index (κ3) is 5.79. The Labute approximate surface area is 159 Å². The van der Waals surface area contributed by atoms with E-state index in [2.05, 4.69) is 32.3 Å². The van der Waals surface area contributed by atoms with E-state index in [0.717, 1.165) is 30.0 Å². The summed E-state index contributed by atoms with van der Waals surface area (Å²) in [7, 11) is -0.284. The van der Waals surface area contributed by atoms with Crippen molar-refractivity contribution in [1.29, 1.82) is 0 Å². The molecule has 142 valence electrons. The van der Waals surface area contributed by atoms with E-state index < -0.39 is 10.0 Å². The van der Waals surface area contributed by atoms with Crippen LogP contribution in [0.15, 0.2) is 40.4 Å². The molecule has 2 rings (SSSR count). The van der Waals surface area contributed by atoms with Crippen molar-refractivity contribution in [3.63, 3.8) is 0 Å². The zero-order chi connectivity index (χ0) is 19.0. The summed E-state index contributed by atoms with van der Waals surface area (Å²) in [6.07, 6.45) is 3.80. The summed E-state index contributed by atoms with van der Waals surface area (Å²) in [6.45, 7) is 3.43. The van der Waals surface area contributed by atoms with Crippen molar-refractivity contribution in [3.8, 4) is 0 Å². The van der Waals surface area contributed by atoms with Gasteiger partial charge in [-0.1, -0.05) is 19.1 Å². The molecule has 9 heteroatoms. The number of thiazole rings is 1. The first kappa shape index (κ1) is 20.3. The minimum absolute atomic E-state index is 0.251. The monoisotopic (exact) mass is 395 g/mol. The van der Waals surface area contributed by atoms with E-state index in [9.17, 15) is 8.42 Å². The number of hydrogen-bond acceptors (Lipinski definition) is 5. The summed E-state index contributed by atoms with van der Waals surface area (Å²) in [4.78, 5) is 10.1. The molecule has 0 unspecified atom stereocenters. The van der Waals surface area contributed by atoms with E-state index in [1.807, 2.05) is 6.20 Å². The number of nitrogens with one attached hydrogen (secondary N) is 3. The van der Waals surface area contributed by atoms with Gasteiger partial charge in [-0.25, -0.2) is 18.1 Å². The summed E-state index contributed by atoms with van der Waals surface area (Å²) < 4.78 is 25.7. The fourth-order valence-electron chi connectivity index (χ4n) is 2.23. The molecule has 2 aromatic rings. The maximum Gasteiger partial charge on any atom is 0.240 e. The molecule has 0 aliphatic heterocycles. The lowest BCUT2D eigenvalue weighted by Crippen LogP contribution is -2.37. The summed E-state index contributed by atoms with van der Waals surface area (Å²) in [5.74, 6) is 0.698. The van der Waals surface area contributed by atoms with E-state index in [1.165, 1.54) is 11.9 Å². The van der Waals surface area contributed by atoms with Crippen LogP contribution in [0.25, 0.3) is 0 Å². The number of aliphatic imine (C=N–C) groups is 1. The van der Waals surface area contributed by atoms with Crippen molar-refractivity contribution < 1.29 is 8.42 Å².